The van der Waals surface area contributed by atoms with Gasteiger partial charge in [0.25, 0.3) is 0 Å². The van der Waals surface area contributed by atoms with Crippen LogP contribution in [0.15, 0.2) is 0 Å². The highest BCUT2D eigenvalue weighted by molar-refractivity contribution is 6.04. The van der Waals surface area contributed by atoms with E-state index in [1.165, 1.54) is 0 Å². The highest BCUT2D eigenvalue weighted by Gasteiger charge is 2.40. The van der Waals surface area contributed by atoms with Gasteiger partial charge in [-0.3, -0.25) is 9.59 Å². The monoisotopic (exact) mass is 269 g/mol. The summed E-state index contributed by atoms with van der Waals surface area (Å²) in [5.41, 5.74) is -0.987. The fourth-order valence-corrected chi connectivity index (χ4v) is 2.01. The van der Waals surface area contributed by atoms with Crippen LogP contribution >= 0.6 is 0 Å². The lowest BCUT2D eigenvalue weighted by Gasteiger charge is -2.37. The normalized spacial score (nSPS) is 19.1. The Kier molecular flexibility index (Phi) is 5.35. The largest absolute Gasteiger partial charge is 0.353 e. The average molecular weight is 269 g/mol. The average Bonchev–Trinajstić information content (AvgIpc) is 2.38. The van der Waals surface area contributed by atoms with E-state index in [2.05, 4.69) is 10.2 Å². The third kappa shape index (κ3) is 3.93. The van der Waals surface area contributed by atoms with E-state index in [0.29, 0.717) is 13.1 Å². The number of amides is 2. The van der Waals surface area contributed by atoms with Crippen LogP contribution in [0.3, 0.4) is 0 Å². The van der Waals surface area contributed by atoms with Gasteiger partial charge in [-0.05, 0) is 34.2 Å². The maximum Gasteiger partial charge on any atom is 0.237 e. The van der Waals surface area contributed by atoms with Crippen LogP contribution < -0.4 is 5.32 Å². The molecule has 1 heterocycles. The molecular formula is C14H27N3O2. The topological polar surface area (TPSA) is 52.7 Å². The zero-order chi connectivity index (χ0) is 14.6. The second kappa shape index (κ2) is 6.37. The molecule has 1 rings (SSSR count). The number of hydrogen-bond acceptors (Lipinski definition) is 3. The van der Waals surface area contributed by atoms with Crippen molar-refractivity contribution in [2.45, 2.75) is 40.2 Å². The van der Waals surface area contributed by atoms with Gasteiger partial charge in [-0.2, -0.15) is 0 Å². The number of likely N-dealkylation sites (N-methyl/N-ethyl adjacent to an activating group) is 1. The molecule has 0 aromatic heterocycles. The number of piperazine rings is 1. The summed E-state index contributed by atoms with van der Waals surface area (Å²) >= 11 is 0. The minimum Gasteiger partial charge on any atom is -0.353 e. The molecule has 1 aliphatic heterocycles. The van der Waals surface area contributed by atoms with Crippen molar-refractivity contribution in [1.29, 1.82) is 0 Å². The van der Waals surface area contributed by atoms with Gasteiger partial charge in [0.15, 0.2) is 0 Å². The highest BCUT2D eigenvalue weighted by Crippen LogP contribution is 2.20. The number of rotatable bonds is 4. The Hall–Kier alpha value is -1.10. The molecule has 5 nitrogen and oxygen atoms in total. The molecule has 110 valence electrons. The molecule has 0 saturated carbocycles. The van der Waals surface area contributed by atoms with Crippen LogP contribution in [0.25, 0.3) is 0 Å². The molecule has 1 aliphatic rings. The third-order valence-electron chi connectivity index (χ3n) is 3.88. The summed E-state index contributed by atoms with van der Waals surface area (Å²) in [6.45, 7) is 10.5. The molecule has 1 N–H and O–H groups in total. The third-order valence-corrected chi connectivity index (χ3v) is 3.88. The first-order valence-electron chi connectivity index (χ1n) is 7.08. The van der Waals surface area contributed by atoms with Crippen molar-refractivity contribution in [3.63, 3.8) is 0 Å². The van der Waals surface area contributed by atoms with E-state index in [1.54, 1.807) is 18.7 Å². The first-order chi connectivity index (χ1) is 8.78. The summed E-state index contributed by atoms with van der Waals surface area (Å²) in [5, 5.41) is 2.90. The maximum absolute atomic E-state index is 12.5. The molecule has 1 atom stereocenters. The molecule has 1 fully saturated rings. The number of hydrogen-bond donors (Lipinski definition) is 1. The Balaban J connectivity index is 2.65. The Morgan fingerprint density at radius 1 is 1.21 bits per heavy atom. The highest BCUT2D eigenvalue weighted by atomic mass is 16.2. The smallest absolute Gasteiger partial charge is 0.237 e. The van der Waals surface area contributed by atoms with Gasteiger partial charge in [0.2, 0.25) is 11.8 Å². The van der Waals surface area contributed by atoms with Crippen LogP contribution in [0.1, 0.15) is 34.1 Å². The van der Waals surface area contributed by atoms with E-state index < -0.39 is 5.41 Å². The Morgan fingerprint density at radius 3 is 2.21 bits per heavy atom. The lowest BCUT2D eigenvalue weighted by atomic mass is 9.89. The molecule has 19 heavy (non-hydrogen) atoms. The summed E-state index contributed by atoms with van der Waals surface area (Å²) in [5.74, 6) is -0.243. The molecule has 0 aromatic carbocycles. The molecule has 0 aliphatic carbocycles. The number of nitrogens with one attached hydrogen (secondary N) is 1. The number of carbonyl (C=O) groups excluding carboxylic acids is 2. The van der Waals surface area contributed by atoms with Gasteiger partial charge in [-0.1, -0.05) is 6.92 Å². The fraction of sp³-hybridized carbons (Fsp3) is 0.857. The predicted octanol–water partition coefficient (Wildman–Crippen LogP) is 0.701. The summed E-state index contributed by atoms with van der Waals surface area (Å²) < 4.78 is 0. The molecular weight excluding hydrogens is 242 g/mol. The summed E-state index contributed by atoms with van der Waals surface area (Å²) in [4.78, 5) is 28.7. The summed E-state index contributed by atoms with van der Waals surface area (Å²) in [7, 11) is 2.04. The van der Waals surface area contributed by atoms with Crippen LogP contribution in [0, 0.1) is 5.41 Å². The number of nitrogens with zero attached hydrogens (tertiary/aromatic N) is 2. The molecule has 0 bridgehead atoms. The van der Waals surface area contributed by atoms with Gasteiger partial charge in [-0.15, -0.1) is 0 Å². The molecule has 0 radical (unpaired) electrons. The minimum absolute atomic E-state index is 0.0681. The zero-order valence-corrected chi connectivity index (χ0v) is 12.8. The van der Waals surface area contributed by atoms with Crippen molar-refractivity contribution in [2.75, 3.05) is 33.2 Å². The number of carbonyl (C=O) groups is 2. The summed E-state index contributed by atoms with van der Waals surface area (Å²) in [6, 6.07) is 0.104. The van der Waals surface area contributed by atoms with E-state index >= 15 is 0 Å². The summed E-state index contributed by atoms with van der Waals surface area (Å²) in [6.07, 6.45) is 0.866. The van der Waals surface area contributed by atoms with Crippen LogP contribution in [0.4, 0.5) is 0 Å². The van der Waals surface area contributed by atoms with Crippen LogP contribution in [0.2, 0.25) is 0 Å². The van der Waals surface area contributed by atoms with E-state index in [0.717, 1.165) is 19.5 Å². The molecule has 0 spiro atoms. The standard InChI is InChI=1S/C14H27N3O2/c1-6-11(2)15-12(18)14(3,4)13(19)17-9-7-16(5)8-10-17/h11H,6-10H2,1-5H3,(H,15,18). The van der Waals surface area contributed by atoms with Crippen molar-refractivity contribution in [2.24, 2.45) is 5.41 Å². The molecule has 1 saturated heterocycles. The zero-order valence-electron chi connectivity index (χ0n) is 12.8. The lowest BCUT2D eigenvalue weighted by molar-refractivity contribution is -0.150. The Morgan fingerprint density at radius 2 is 1.74 bits per heavy atom. The van der Waals surface area contributed by atoms with Gasteiger partial charge in [0, 0.05) is 32.2 Å². The van der Waals surface area contributed by atoms with Crippen molar-refractivity contribution in [3.8, 4) is 0 Å². The second-order valence-electron chi connectivity index (χ2n) is 6.00. The quantitative estimate of drug-likeness (QED) is 0.765. The van der Waals surface area contributed by atoms with Crippen LogP contribution in [-0.4, -0.2) is 60.9 Å². The molecule has 5 heteroatoms. The van der Waals surface area contributed by atoms with Crippen molar-refractivity contribution < 1.29 is 9.59 Å². The van der Waals surface area contributed by atoms with Gasteiger partial charge in [-0.25, -0.2) is 0 Å². The second-order valence-corrected chi connectivity index (χ2v) is 6.00. The van der Waals surface area contributed by atoms with E-state index in [1.807, 2.05) is 20.9 Å². The Labute approximate surface area is 116 Å². The molecule has 0 aromatic rings. The van der Waals surface area contributed by atoms with Crippen molar-refractivity contribution in [3.05, 3.63) is 0 Å². The van der Waals surface area contributed by atoms with Gasteiger partial charge < -0.3 is 15.1 Å². The van der Waals surface area contributed by atoms with Crippen molar-refractivity contribution in [1.82, 2.24) is 15.1 Å². The maximum atomic E-state index is 12.5. The Bertz CT molecular complexity index is 334. The predicted molar refractivity (Wildman–Crippen MR) is 75.8 cm³/mol. The van der Waals surface area contributed by atoms with Crippen molar-refractivity contribution >= 4 is 11.8 Å². The molecule has 2 amide bonds. The first-order valence-corrected chi connectivity index (χ1v) is 7.08. The lowest BCUT2D eigenvalue weighted by Crippen LogP contribution is -2.55. The van der Waals surface area contributed by atoms with Crippen LogP contribution in [0.5, 0.6) is 0 Å². The minimum atomic E-state index is -0.987. The van der Waals surface area contributed by atoms with Gasteiger partial charge in [0.1, 0.15) is 5.41 Å². The van der Waals surface area contributed by atoms with E-state index in [4.69, 9.17) is 0 Å². The first kappa shape index (κ1) is 16.0. The molecule has 1 unspecified atom stereocenters. The van der Waals surface area contributed by atoms with E-state index in [-0.39, 0.29) is 17.9 Å². The fourth-order valence-electron chi connectivity index (χ4n) is 2.01. The van der Waals surface area contributed by atoms with Gasteiger partial charge in [0.05, 0.1) is 0 Å². The SMILES string of the molecule is CCC(C)NC(=O)C(C)(C)C(=O)N1CCN(C)CC1. The van der Waals surface area contributed by atoms with E-state index in [9.17, 15) is 9.59 Å². The van der Waals surface area contributed by atoms with Gasteiger partial charge >= 0.3 is 0 Å². The van der Waals surface area contributed by atoms with Crippen LogP contribution in [-0.2, 0) is 9.59 Å².